The van der Waals surface area contributed by atoms with Gasteiger partial charge in [0.2, 0.25) is 0 Å². The fraction of sp³-hybridized carbons (Fsp3) is 0.857. The van der Waals surface area contributed by atoms with E-state index >= 15 is 0 Å². The Morgan fingerprint density at radius 2 is 2.16 bits per heavy atom. The van der Waals surface area contributed by atoms with Crippen molar-refractivity contribution >= 4 is 0 Å². The molecule has 0 unspecified atom stereocenters. The number of rotatable bonds is 6. The van der Waals surface area contributed by atoms with Gasteiger partial charge in [0.25, 0.3) is 0 Å². The number of hydrogen-bond acceptors (Lipinski definition) is 4. The van der Waals surface area contributed by atoms with Crippen LogP contribution in [0.3, 0.4) is 0 Å². The molecule has 1 aliphatic rings. The van der Waals surface area contributed by atoms with Crippen molar-refractivity contribution in [3.05, 3.63) is 11.9 Å². The van der Waals surface area contributed by atoms with Crippen LogP contribution in [0.4, 0.5) is 0 Å². The number of aliphatic hydroxyl groups is 1. The molecule has 0 spiro atoms. The second-order valence-corrected chi connectivity index (χ2v) is 5.77. The zero-order valence-electron chi connectivity index (χ0n) is 12.1. The van der Waals surface area contributed by atoms with Crippen molar-refractivity contribution in [2.45, 2.75) is 52.2 Å². The summed E-state index contributed by atoms with van der Waals surface area (Å²) >= 11 is 0. The van der Waals surface area contributed by atoms with E-state index in [1.54, 1.807) is 0 Å². The fourth-order valence-corrected chi connectivity index (χ4v) is 2.96. The largest absolute Gasteiger partial charge is 0.390 e. The predicted molar refractivity (Wildman–Crippen MR) is 74.7 cm³/mol. The van der Waals surface area contributed by atoms with E-state index in [1.807, 2.05) is 10.9 Å². The Hall–Kier alpha value is -0.940. The van der Waals surface area contributed by atoms with Crippen LogP contribution in [0, 0.1) is 5.92 Å². The molecule has 1 saturated heterocycles. The molecule has 1 aromatic heterocycles. The van der Waals surface area contributed by atoms with Crippen molar-refractivity contribution in [1.29, 1.82) is 0 Å². The topological polar surface area (TPSA) is 54.2 Å². The molecule has 0 amide bonds. The van der Waals surface area contributed by atoms with E-state index in [4.69, 9.17) is 5.11 Å². The predicted octanol–water partition coefficient (Wildman–Crippen LogP) is 1.84. The summed E-state index contributed by atoms with van der Waals surface area (Å²) in [6, 6.07) is 0.450. The van der Waals surface area contributed by atoms with Crippen molar-refractivity contribution < 1.29 is 5.11 Å². The van der Waals surface area contributed by atoms with Gasteiger partial charge in [-0.15, -0.1) is 5.10 Å². The molecule has 108 valence electrons. The Morgan fingerprint density at radius 1 is 1.42 bits per heavy atom. The molecule has 0 radical (unpaired) electrons. The molecule has 1 aromatic rings. The van der Waals surface area contributed by atoms with Crippen LogP contribution < -0.4 is 0 Å². The van der Waals surface area contributed by atoms with Crippen LogP contribution in [0.2, 0.25) is 0 Å². The highest BCUT2D eigenvalue weighted by molar-refractivity contribution is 4.91. The lowest BCUT2D eigenvalue weighted by molar-refractivity contribution is 0.157. The summed E-state index contributed by atoms with van der Waals surface area (Å²) < 4.78 is 1.93. The molecule has 2 heterocycles. The number of nitrogens with zero attached hydrogens (tertiary/aromatic N) is 4. The first-order chi connectivity index (χ1) is 9.22. The third kappa shape index (κ3) is 4.01. The minimum absolute atomic E-state index is 0.0205. The summed E-state index contributed by atoms with van der Waals surface area (Å²) in [4.78, 5) is 2.57. The molecule has 1 N–H and O–H groups in total. The lowest BCUT2D eigenvalue weighted by Crippen LogP contribution is -2.37. The molecule has 5 heteroatoms. The van der Waals surface area contributed by atoms with E-state index in [-0.39, 0.29) is 6.61 Å². The van der Waals surface area contributed by atoms with Crippen molar-refractivity contribution in [1.82, 2.24) is 19.9 Å². The number of aliphatic hydroxyl groups excluding tert-OH is 1. The molecule has 0 aromatic carbocycles. The average molecular weight is 266 g/mol. The smallest absolute Gasteiger partial charge is 0.108 e. The summed E-state index contributed by atoms with van der Waals surface area (Å²) in [5, 5.41) is 17.1. The van der Waals surface area contributed by atoms with Gasteiger partial charge in [-0.2, -0.15) is 0 Å². The van der Waals surface area contributed by atoms with E-state index in [2.05, 4.69) is 29.1 Å². The second-order valence-electron chi connectivity index (χ2n) is 5.77. The summed E-state index contributed by atoms with van der Waals surface area (Å²) in [5.74, 6) is 0.800. The van der Waals surface area contributed by atoms with Crippen molar-refractivity contribution in [3.8, 4) is 0 Å². The number of aromatic nitrogens is 3. The minimum atomic E-state index is -0.0205. The lowest BCUT2D eigenvalue weighted by atomic mass is 10.0. The van der Waals surface area contributed by atoms with Crippen molar-refractivity contribution in [2.75, 3.05) is 19.6 Å². The van der Waals surface area contributed by atoms with Gasteiger partial charge >= 0.3 is 0 Å². The molecule has 2 rings (SSSR count). The Bertz CT molecular complexity index is 371. The van der Waals surface area contributed by atoms with E-state index in [9.17, 15) is 0 Å². The van der Waals surface area contributed by atoms with Crippen molar-refractivity contribution in [3.63, 3.8) is 0 Å². The third-order valence-corrected chi connectivity index (χ3v) is 4.00. The zero-order chi connectivity index (χ0) is 13.7. The fourth-order valence-electron chi connectivity index (χ4n) is 2.96. The summed E-state index contributed by atoms with van der Waals surface area (Å²) in [6.07, 6.45) is 6.74. The third-order valence-electron chi connectivity index (χ3n) is 4.00. The van der Waals surface area contributed by atoms with Gasteiger partial charge in [0.15, 0.2) is 0 Å². The van der Waals surface area contributed by atoms with Crippen LogP contribution in [0.5, 0.6) is 0 Å². The maximum absolute atomic E-state index is 9.02. The molecule has 1 aliphatic heterocycles. The highest BCUT2D eigenvalue weighted by Crippen LogP contribution is 2.22. The van der Waals surface area contributed by atoms with Crippen LogP contribution in [-0.2, 0) is 6.61 Å². The Morgan fingerprint density at radius 3 is 2.74 bits per heavy atom. The molecule has 19 heavy (non-hydrogen) atoms. The lowest BCUT2D eigenvalue weighted by Gasteiger charge is -2.33. The highest BCUT2D eigenvalue weighted by atomic mass is 16.3. The van der Waals surface area contributed by atoms with Crippen LogP contribution in [-0.4, -0.2) is 44.6 Å². The average Bonchev–Trinajstić information content (AvgIpc) is 2.88. The Balaban J connectivity index is 1.78. The summed E-state index contributed by atoms with van der Waals surface area (Å²) in [6.45, 7) is 8.10. The van der Waals surface area contributed by atoms with Crippen LogP contribution in [0.1, 0.15) is 51.3 Å². The van der Waals surface area contributed by atoms with Gasteiger partial charge in [0.1, 0.15) is 5.69 Å². The quantitative estimate of drug-likeness (QED) is 0.853. The molecule has 1 atom stereocenters. The van der Waals surface area contributed by atoms with Gasteiger partial charge in [0, 0.05) is 19.6 Å². The van der Waals surface area contributed by atoms with Gasteiger partial charge in [0.05, 0.1) is 18.8 Å². The molecule has 0 aliphatic carbocycles. The minimum Gasteiger partial charge on any atom is -0.390 e. The van der Waals surface area contributed by atoms with Crippen LogP contribution in [0.25, 0.3) is 0 Å². The normalized spacial score (nSPS) is 19.7. The Labute approximate surface area is 115 Å². The van der Waals surface area contributed by atoms with E-state index in [1.165, 1.54) is 19.4 Å². The van der Waals surface area contributed by atoms with Crippen LogP contribution in [0.15, 0.2) is 6.20 Å². The van der Waals surface area contributed by atoms with Crippen molar-refractivity contribution in [2.24, 2.45) is 5.92 Å². The monoisotopic (exact) mass is 266 g/mol. The molecule has 0 saturated carbocycles. The molecule has 1 fully saturated rings. The van der Waals surface area contributed by atoms with Gasteiger partial charge in [-0.25, -0.2) is 4.68 Å². The number of piperidine rings is 1. The Kier molecular flexibility index (Phi) is 5.34. The highest BCUT2D eigenvalue weighted by Gasteiger charge is 2.22. The van der Waals surface area contributed by atoms with Gasteiger partial charge in [-0.05, 0) is 25.2 Å². The summed E-state index contributed by atoms with van der Waals surface area (Å²) in [7, 11) is 0. The van der Waals surface area contributed by atoms with E-state index in [0.29, 0.717) is 11.7 Å². The zero-order valence-corrected chi connectivity index (χ0v) is 12.1. The molecule has 5 nitrogen and oxygen atoms in total. The van der Waals surface area contributed by atoms with Gasteiger partial charge in [-0.3, -0.25) is 0 Å². The maximum Gasteiger partial charge on any atom is 0.108 e. The SMILES string of the molecule is CCC[C@H](C)CN1CCC(n2cc(CO)nn2)CC1. The van der Waals surface area contributed by atoms with E-state index in [0.717, 1.165) is 31.8 Å². The first-order valence-corrected chi connectivity index (χ1v) is 7.46. The molecular weight excluding hydrogens is 240 g/mol. The van der Waals surface area contributed by atoms with E-state index < -0.39 is 0 Å². The molecular formula is C14H26N4O. The van der Waals surface area contributed by atoms with Crippen LogP contribution >= 0.6 is 0 Å². The summed E-state index contributed by atoms with van der Waals surface area (Å²) in [5.41, 5.74) is 0.666. The number of hydrogen-bond donors (Lipinski definition) is 1. The first-order valence-electron chi connectivity index (χ1n) is 7.46. The second kappa shape index (κ2) is 7.01. The maximum atomic E-state index is 9.02. The number of likely N-dealkylation sites (tertiary alicyclic amines) is 1. The molecule has 0 bridgehead atoms. The standard InChI is InChI=1S/C14H26N4O/c1-3-4-12(2)9-17-7-5-14(6-8-17)18-10-13(11-19)15-16-18/h10,12,14,19H,3-9,11H2,1-2H3/t12-/m0/s1. The van der Waals surface area contributed by atoms with Gasteiger partial charge in [-0.1, -0.05) is 25.5 Å². The first kappa shape index (κ1) is 14.5. The van der Waals surface area contributed by atoms with Gasteiger partial charge < -0.3 is 10.0 Å².